The number of carbonyl (C=O) groups excluding carboxylic acids is 1. The van der Waals surface area contributed by atoms with Gasteiger partial charge in [-0.2, -0.15) is 5.10 Å². The minimum Gasteiger partial charge on any atom is -0.352 e. The number of nitrogens with zero attached hydrogens (tertiary/aromatic N) is 3. The van der Waals surface area contributed by atoms with Crippen LogP contribution in [0.4, 0.5) is 0 Å². The molecular weight excluding hydrogens is 252 g/mol. The molecule has 0 radical (unpaired) electrons. The Kier molecular flexibility index (Phi) is 3.20. The highest BCUT2D eigenvalue weighted by atomic mass is 16.1. The van der Waals surface area contributed by atoms with Crippen molar-refractivity contribution >= 4 is 16.9 Å². The number of amides is 1. The minimum absolute atomic E-state index is 0.00819. The highest BCUT2D eigenvalue weighted by Gasteiger charge is 2.23. The quantitative estimate of drug-likeness (QED) is 0.928. The van der Waals surface area contributed by atoms with Crippen molar-refractivity contribution in [3.63, 3.8) is 0 Å². The van der Waals surface area contributed by atoms with Gasteiger partial charge in [0, 0.05) is 18.8 Å². The molecule has 0 bridgehead atoms. The number of aryl methyl sites for hydroxylation is 3. The Balaban J connectivity index is 2.03. The molecule has 20 heavy (non-hydrogen) atoms. The molecule has 2 heterocycles. The number of hydrogen-bond donors (Lipinski definition) is 1. The summed E-state index contributed by atoms with van der Waals surface area (Å²) in [6.07, 6.45) is 2.47. The third-order valence-electron chi connectivity index (χ3n) is 3.80. The highest BCUT2D eigenvalue weighted by Crippen LogP contribution is 2.28. The summed E-state index contributed by atoms with van der Waals surface area (Å²) in [5, 5.41) is 8.39. The van der Waals surface area contributed by atoms with E-state index in [0.29, 0.717) is 11.5 Å². The summed E-state index contributed by atoms with van der Waals surface area (Å²) in [5.74, 6) is 0.669. The molecule has 0 aliphatic heterocycles. The maximum atomic E-state index is 12.4. The molecule has 1 aliphatic carbocycles. The van der Waals surface area contributed by atoms with E-state index in [2.05, 4.69) is 15.4 Å². The van der Waals surface area contributed by atoms with Gasteiger partial charge in [-0.1, -0.05) is 0 Å². The van der Waals surface area contributed by atoms with E-state index in [0.717, 1.165) is 35.5 Å². The van der Waals surface area contributed by atoms with Crippen LogP contribution < -0.4 is 5.32 Å². The van der Waals surface area contributed by atoms with Gasteiger partial charge in [0.1, 0.15) is 0 Å². The number of rotatable bonds is 4. The second kappa shape index (κ2) is 4.89. The predicted octanol–water partition coefficient (Wildman–Crippen LogP) is 2.21. The molecule has 1 fully saturated rings. The van der Waals surface area contributed by atoms with Gasteiger partial charge in [-0.25, -0.2) is 9.67 Å². The van der Waals surface area contributed by atoms with Crippen LogP contribution in [0.5, 0.6) is 0 Å². The summed E-state index contributed by atoms with van der Waals surface area (Å²) in [7, 11) is 0. The topological polar surface area (TPSA) is 59.8 Å². The van der Waals surface area contributed by atoms with Gasteiger partial charge in [-0.15, -0.1) is 0 Å². The lowest BCUT2D eigenvalue weighted by Crippen LogP contribution is -2.26. The summed E-state index contributed by atoms with van der Waals surface area (Å²) in [6, 6.07) is 1.86. The largest absolute Gasteiger partial charge is 0.352 e. The van der Waals surface area contributed by atoms with Crippen molar-refractivity contribution < 1.29 is 4.79 Å². The van der Waals surface area contributed by atoms with Crippen LogP contribution in [0, 0.1) is 19.8 Å². The van der Waals surface area contributed by atoms with Gasteiger partial charge in [0.15, 0.2) is 5.65 Å². The van der Waals surface area contributed by atoms with Crippen molar-refractivity contribution in [2.24, 2.45) is 5.92 Å². The van der Waals surface area contributed by atoms with E-state index < -0.39 is 0 Å². The average molecular weight is 272 g/mol. The van der Waals surface area contributed by atoms with Crippen LogP contribution in [-0.2, 0) is 6.54 Å². The first-order valence-corrected chi connectivity index (χ1v) is 7.23. The summed E-state index contributed by atoms with van der Waals surface area (Å²) in [4.78, 5) is 17.0. The predicted molar refractivity (Wildman–Crippen MR) is 77.7 cm³/mol. The monoisotopic (exact) mass is 272 g/mol. The zero-order valence-electron chi connectivity index (χ0n) is 12.2. The molecule has 1 N–H and O–H groups in total. The molecule has 0 spiro atoms. The van der Waals surface area contributed by atoms with Crippen molar-refractivity contribution in [3.05, 3.63) is 23.0 Å². The molecule has 2 aromatic rings. The molecule has 1 saturated carbocycles. The number of fused-ring (bicyclic) bond motifs is 1. The number of pyridine rings is 1. The second-order valence-corrected chi connectivity index (χ2v) is 5.56. The van der Waals surface area contributed by atoms with Gasteiger partial charge in [-0.05, 0) is 45.6 Å². The van der Waals surface area contributed by atoms with Gasteiger partial charge in [0.05, 0.1) is 16.6 Å². The SMILES string of the molecule is CCn1nc(C)c2c(C(=O)NCC3CC3)cc(C)nc21. The maximum absolute atomic E-state index is 12.4. The average Bonchev–Trinajstić information content (AvgIpc) is 3.20. The van der Waals surface area contributed by atoms with Crippen LogP contribution in [0.3, 0.4) is 0 Å². The number of hydrogen-bond acceptors (Lipinski definition) is 3. The Morgan fingerprint density at radius 2 is 2.20 bits per heavy atom. The lowest BCUT2D eigenvalue weighted by molar-refractivity contribution is 0.0953. The fourth-order valence-electron chi connectivity index (χ4n) is 2.53. The van der Waals surface area contributed by atoms with E-state index in [1.165, 1.54) is 12.8 Å². The van der Waals surface area contributed by atoms with Crippen molar-refractivity contribution in [1.82, 2.24) is 20.1 Å². The van der Waals surface area contributed by atoms with Crippen molar-refractivity contribution in [3.8, 4) is 0 Å². The van der Waals surface area contributed by atoms with Gasteiger partial charge in [-0.3, -0.25) is 4.79 Å². The van der Waals surface area contributed by atoms with E-state index >= 15 is 0 Å². The normalized spacial score (nSPS) is 14.8. The zero-order chi connectivity index (χ0) is 14.3. The Morgan fingerprint density at radius 1 is 1.45 bits per heavy atom. The molecule has 1 amide bonds. The lowest BCUT2D eigenvalue weighted by atomic mass is 10.1. The van der Waals surface area contributed by atoms with E-state index in [1.807, 2.05) is 31.5 Å². The molecule has 0 atom stereocenters. The molecule has 106 valence electrons. The Hall–Kier alpha value is -1.91. The molecule has 2 aromatic heterocycles. The molecule has 5 heteroatoms. The Morgan fingerprint density at radius 3 is 2.85 bits per heavy atom. The van der Waals surface area contributed by atoms with Crippen LogP contribution in [0.15, 0.2) is 6.07 Å². The first kappa shape index (κ1) is 13.1. The molecule has 1 aliphatic rings. The first-order valence-electron chi connectivity index (χ1n) is 7.23. The van der Waals surface area contributed by atoms with Crippen LogP contribution in [0.2, 0.25) is 0 Å². The lowest BCUT2D eigenvalue weighted by Gasteiger charge is -2.07. The van der Waals surface area contributed by atoms with Crippen LogP contribution in [-0.4, -0.2) is 27.2 Å². The van der Waals surface area contributed by atoms with Crippen LogP contribution >= 0.6 is 0 Å². The summed E-state index contributed by atoms with van der Waals surface area (Å²) in [5.41, 5.74) is 3.22. The molecule has 5 nitrogen and oxygen atoms in total. The van der Waals surface area contributed by atoms with Crippen molar-refractivity contribution in [1.29, 1.82) is 0 Å². The summed E-state index contributed by atoms with van der Waals surface area (Å²) < 4.78 is 1.86. The Bertz CT molecular complexity index is 670. The van der Waals surface area contributed by atoms with Crippen LogP contribution in [0.1, 0.15) is 41.5 Å². The van der Waals surface area contributed by atoms with E-state index in [1.54, 1.807) is 0 Å². The van der Waals surface area contributed by atoms with E-state index in [9.17, 15) is 4.79 Å². The maximum Gasteiger partial charge on any atom is 0.252 e. The third-order valence-corrected chi connectivity index (χ3v) is 3.80. The standard InChI is InChI=1S/C15H20N4O/c1-4-19-14-13(10(3)18-19)12(7-9(2)17-14)15(20)16-8-11-5-6-11/h7,11H,4-6,8H2,1-3H3,(H,16,20). The Labute approximate surface area is 118 Å². The molecule has 0 unspecified atom stereocenters. The van der Waals surface area contributed by atoms with Gasteiger partial charge in [0.25, 0.3) is 5.91 Å². The third kappa shape index (κ3) is 2.28. The highest BCUT2D eigenvalue weighted by molar-refractivity contribution is 6.06. The van der Waals surface area contributed by atoms with Crippen molar-refractivity contribution in [2.45, 2.75) is 40.2 Å². The second-order valence-electron chi connectivity index (χ2n) is 5.56. The van der Waals surface area contributed by atoms with Crippen LogP contribution in [0.25, 0.3) is 11.0 Å². The number of aromatic nitrogens is 3. The van der Waals surface area contributed by atoms with Crippen molar-refractivity contribution in [2.75, 3.05) is 6.54 Å². The first-order chi connectivity index (χ1) is 9.60. The fourth-order valence-corrected chi connectivity index (χ4v) is 2.53. The molecule has 0 saturated heterocycles. The number of carbonyl (C=O) groups is 1. The van der Waals surface area contributed by atoms with Gasteiger partial charge >= 0.3 is 0 Å². The van der Waals surface area contributed by atoms with Gasteiger partial charge in [0.2, 0.25) is 0 Å². The molecule has 3 rings (SSSR count). The zero-order valence-corrected chi connectivity index (χ0v) is 12.2. The van der Waals surface area contributed by atoms with E-state index in [4.69, 9.17) is 0 Å². The fraction of sp³-hybridized carbons (Fsp3) is 0.533. The summed E-state index contributed by atoms with van der Waals surface area (Å²) >= 11 is 0. The smallest absolute Gasteiger partial charge is 0.252 e. The molecular formula is C15H20N4O. The van der Waals surface area contributed by atoms with E-state index in [-0.39, 0.29) is 5.91 Å². The minimum atomic E-state index is -0.00819. The van der Waals surface area contributed by atoms with Gasteiger partial charge < -0.3 is 5.32 Å². The summed E-state index contributed by atoms with van der Waals surface area (Å²) in [6.45, 7) is 7.41. The molecule has 0 aromatic carbocycles. The number of nitrogens with one attached hydrogen (secondary N) is 1.